The van der Waals surface area contributed by atoms with Crippen LogP contribution in [0.3, 0.4) is 0 Å². The lowest BCUT2D eigenvalue weighted by molar-refractivity contribution is -0.138. The van der Waals surface area contributed by atoms with Crippen molar-refractivity contribution in [3.63, 3.8) is 0 Å². The zero-order valence-electron chi connectivity index (χ0n) is 8.13. The first-order valence-corrected chi connectivity index (χ1v) is 4.64. The van der Waals surface area contributed by atoms with Crippen LogP contribution in [-0.2, 0) is 10.2 Å². The van der Waals surface area contributed by atoms with Crippen LogP contribution in [0.25, 0.3) is 0 Å². The second-order valence-corrected chi connectivity index (χ2v) is 4.11. The van der Waals surface area contributed by atoms with Gasteiger partial charge >= 0.3 is 5.97 Å². The van der Waals surface area contributed by atoms with Gasteiger partial charge in [-0.2, -0.15) is 0 Å². The van der Waals surface area contributed by atoms with E-state index in [9.17, 15) is 13.6 Å². The standard InChI is InChI=1S/C11H10F2O2/c1-11(5-7(11)10(14)15)6-3-2-4-8(12)9(6)13/h2-4,7H,5H2,1H3,(H,14,15). The predicted octanol–water partition coefficient (Wildman–Crippen LogP) is 2.33. The summed E-state index contributed by atoms with van der Waals surface area (Å²) >= 11 is 0. The van der Waals surface area contributed by atoms with E-state index < -0.39 is 28.9 Å². The second-order valence-electron chi connectivity index (χ2n) is 4.11. The lowest BCUT2D eigenvalue weighted by Gasteiger charge is -2.11. The SMILES string of the molecule is CC1(c2cccc(F)c2F)CC1C(=O)O. The normalized spacial score (nSPS) is 28.9. The Kier molecular flexibility index (Phi) is 2.03. The molecule has 0 aliphatic heterocycles. The third-order valence-electron chi connectivity index (χ3n) is 3.10. The van der Waals surface area contributed by atoms with Crippen LogP contribution in [0.4, 0.5) is 8.78 Å². The highest BCUT2D eigenvalue weighted by Crippen LogP contribution is 2.54. The highest BCUT2D eigenvalue weighted by atomic mass is 19.2. The van der Waals surface area contributed by atoms with Gasteiger partial charge in [0.2, 0.25) is 0 Å². The molecule has 1 aromatic rings. The number of rotatable bonds is 2. The van der Waals surface area contributed by atoms with Crippen molar-refractivity contribution >= 4 is 5.97 Å². The molecule has 0 heterocycles. The number of hydrogen-bond donors (Lipinski definition) is 1. The highest BCUT2D eigenvalue weighted by Gasteiger charge is 2.57. The van der Waals surface area contributed by atoms with Gasteiger partial charge in [0.05, 0.1) is 5.92 Å². The van der Waals surface area contributed by atoms with E-state index in [2.05, 4.69) is 0 Å². The van der Waals surface area contributed by atoms with Crippen molar-refractivity contribution in [2.45, 2.75) is 18.8 Å². The van der Waals surface area contributed by atoms with E-state index in [1.165, 1.54) is 12.1 Å². The van der Waals surface area contributed by atoms with Gasteiger partial charge in [-0.1, -0.05) is 19.1 Å². The fourth-order valence-electron chi connectivity index (χ4n) is 1.97. The van der Waals surface area contributed by atoms with Crippen LogP contribution in [0.1, 0.15) is 18.9 Å². The average Bonchev–Trinajstić information content (AvgIpc) is 2.84. The summed E-state index contributed by atoms with van der Waals surface area (Å²) in [6.07, 6.45) is 0.364. The maximum Gasteiger partial charge on any atom is 0.307 e. The van der Waals surface area contributed by atoms with Crippen molar-refractivity contribution in [2.24, 2.45) is 5.92 Å². The van der Waals surface area contributed by atoms with Gasteiger partial charge in [0.15, 0.2) is 11.6 Å². The molecule has 1 aliphatic rings. The van der Waals surface area contributed by atoms with E-state index in [0.29, 0.717) is 6.42 Å². The van der Waals surface area contributed by atoms with E-state index in [1.54, 1.807) is 6.92 Å². The molecule has 2 rings (SSSR count). The lowest BCUT2D eigenvalue weighted by Crippen LogP contribution is -2.13. The molecule has 0 bridgehead atoms. The molecule has 1 aliphatic carbocycles. The minimum absolute atomic E-state index is 0.162. The van der Waals surface area contributed by atoms with Gasteiger partial charge in [-0.15, -0.1) is 0 Å². The molecule has 0 amide bonds. The van der Waals surface area contributed by atoms with Crippen LogP contribution in [-0.4, -0.2) is 11.1 Å². The minimum Gasteiger partial charge on any atom is -0.481 e. The van der Waals surface area contributed by atoms with Crippen molar-refractivity contribution in [3.05, 3.63) is 35.4 Å². The summed E-state index contributed by atoms with van der Waals surface area (Å²) < 4.78 is 26.3. The molecular formula is C11H10F2O2. The number of carboxylic acids is 1. The molecule has 4 heteroatoms. The smallest absolute Gasteiger partial charge is 0.307 e. The molecule has 0 radical (unpaired) electrons. The summed E-state index contributed by atoms with van der Waals surface area (Å²) in [4.78, 5) is 10.7. The van der Waals surface area contributed by atoms with Crippen LogP contribution in [0.2, 0.25) is 0 Å². The largest absolute Gasteiger partial charge is 0.481 e. The fraction of sp³-hybridized carbons (Fsp3) is 0.364. The molecule has 15 heavy (non-hydrogen) atoms. The summed E-state index contributed by atoms with van der Waals surface area (Å²) in [7, 11) is 0. The molecule has 1 saturated carbocycles. The molecule has 2 nitrogen and oxygen atoms in total. The maximum absolute atomic E-state index is 13.4. The molecule has 2 atom stereocenters. The topological polar surface area (TPSA) is 37.3 Å². The predicted molar refractivity (Wildman–Crippen MR) is 49.5 cm³/mol. The van der Waals surface area contributed by atoms with E-state index in [4.69, 9.17) is 5.11 Å². The Balaban J connectivity index is 2.40. The van der Waals surface area contributed by atoms with Gasteiger partial charge in [-0.05, 0) is 18.1 Å². The quantitative estimate of drug-likeness (QED) is 0.816. The first kappa shape index (κ1) is 10.1. The van der Waals surface area contributed by atoms with E-state index in [-0.39, 0.29) is 5.56 Å². The first-order chi connectivity index (χ1) is 6.97. The fourth-order valence-corrected chi connectivity index (χ4v) is 1.97. The van der Waals surface area contributed by atoms with E-state index in [0.717, 1.165) is 6.07 Å². The summed E-state index contributed by atoms with van der Waals surface area (Å²) in [5.41, 5.74) is -0.590. The highest BCUT2D eigenvalue weighted by molar-refractivity contribution is 5.77. The number of benzene rings is 1. The molecule has 1 aromatic carbocycles. The van der Waals surface area contributed by atoms with Gasteiger partial charge in [0.25, 0.3) is 0 Å². The first-order valence-electron chi connectivity index (χ1n) is 4.64. The maximum atomic E-state index is 13.4. The third-order valence-corrected chi connectivity index (χ3v) is 3.10. The number of hydrogen-bond acceptors (Lipinski definition) is 1. The molecule has 1 N–H and O–H groups in total. The Labute approximate surface area is 85.5 Å². The van der Waals surface area contributed by atoms with Crippen LogP contribution in [0.15, 0.2) is 18.2 Å². The lowest BCUT2D eigenvalue weighted by atomic mass is 9.95. The number of carbonyl (C=O) groups is 1. The van der Waals surface area contributed by atoms with Crippen LogP contribution in [0, 0.1) is 17.6 Å². The van der Waals surface area contributed by atoms with Crippen molar-refractivity contribution < 1.29 is 18.7 Å². The number of aliphatic carboxylic acids is 1. The Bertz CT molecular complexity index is 431. The second kappa shape index (κ2) is 3.02. The van der Waals surface area contributed by atoms with E-state index in [1.807, 2.05) is 0 Å². The van der Waals surface area contributed by atoms with Gasteiger partial charge in [-0.25, -0.2) is 8.78 Å². The van der Waals surface area contributed by atoms with Gasteiger partial charge in [0.1, 0.15) is 0 Å². The Hall–Kier alpha value is -1.45. The Morgan fingerprint density at radius 2 is 2.20 bits per heavy atom. The van der Waals surface area contributed by atoms with Crippen molar-refractivity contribution in [3.8, 4) is 0 Å². The van der Waals surface area contributed by atoms with Gasteiger partial charge in [-0.3, -0.25) is 4.79 Å². The number of halogens is 2. The van der Waals surface area contributed by atoms with Gasteiger partial charge < -0.3 is 5.11 Å². The molecule has 2 unspecified atom stereocenters. The van der Waals surface area contributed by atoms with E-state index >= 15 is 0 Å². The van der Waals surface area contributed by atoms with Crippen molar-refractivity contribution in [2.75, 3.05) is 0 Å². The summed E-state index contributed by atoms with van der Waals surface area (Å²) in [6, 6.07) is 3.87. The summed E-state index contributed by atoms with van der Waals surface area (Å²) in [5, 5.41) is 8.79. The molecule has 0 saturated heterocycles. The zero-order valence-corrected chi connectivity index (χ0v) is 8.13. The monoisotopic (exact) mass is 212 g/mol. The minimum atomic E-state index is -0.957. The molecule has 0 spiro atoms. The summed E-state index contributed by atoms with van der Waals surface area (Å²) in [5.74, 6) is -3.41. The van der Waals surface area contributed by atoms with Crippen LogP contribution in [0.5, 0.6) is 0 Å². The van der Waals surface area contributed by atoms with Crippen molar-refractivity contribution in [1.82, 2.24) is 0 Å². The molecule has 1 fully saturated rings. The Morgan fingerprint density at radius 3 is 2.73 bits per heavy atom. The van der Waals surface area contributed by atoms with Crippen LogP contribution >= 0.6 is 0 Å². The molecule has 80 valence electrons. The molecule has 0 aromatic heterocycles. The summed E-state index contributed by atoms with van der Waals surface area (Å²) in [6.45, 7) is 1.64. The molecular weight excluding hydrogens is 202 g/mol. The Morgan fingerprint density at radius 1 is 1.53 bits per heavy atom. The van der Waals surface area contributed by atoms with Crippen molar-refractivity contribution in [1.29, 1.82) is 0 Å². The average molecular weight is 212 g/mol. The number of carboxylic acid groups (broad SMARTS) is 1. The van der Waals surface area contributed by atoms with Gasteiger partial charge in [0, 0.05) is 5.41 Å². The third kappa shape index (κ3) is 1.40. The zero-order chi connectivity index (χ0) is 11.2. The van der Waals surface area contributed by atoms with Crippen LogP contribution < -0.4 is 0 Å².